The minimum atomic E-state index is -0.130. The van der Waals surface area contributed by atoms with E-state index < -0.39 is 0 Å². The van der Waals surface area contributed by atoms with Crippen LogP contribution in [0.15, 0.2) is 24.4 Å². The summed E-state index contributed by atoms with van der Waals surface area (Å²) in [4.78, 5) is 15.6. The van der Waals surface area contributed by atoms with Crippen molar-refractivity contribution in [2.45, 2.75) is 6.42 Å². The summed E-state index contributed by atoms with van der Waals surface area (Å²) in [7, 11) is 0. The topological polar surface area (TPSA) is 75.3 Å². The molecule has 6 nitrogen and oxygen atoms in total. The van der Waals surface area contributed by atoms with E-state index in [1.165, 1.54) is 0 Å². The van der Waals surface area contributed by atoms with Crippen molar-refractivity contribution in [3.05, 3.63) is 24.4 Å². The normalized spacial score (nSPS) is 18.0. The van der Waals surface area contributed by atoms with Crippen molar-refractivity contribution >= 4 is 11.8 Å². The first-order chi connectivity index (χ1) is 9.34. The van der Waals surface area contributed by atoms with Crippen LogP contribution >= 0.6 is 0 Å². The van der Waals surface area contributed by atoms with Gasteiger partial charge in [-0.2, -0.15) is 0 Å². The Morgan fingerprint density at radius 3 is 3.05 bits per heavy atom. The molecule has 19 heavy (non-hydrogen) atoms. The van der Waals surface area contributed by atoms with Gasteiger partial charge in [0.05, 0.1) is 6.61 Å². The average Bonchev–Trinajstić information content (AvgIpc) is 2.96. The lowest BCUT2D eigenvalue weighted by atomic mass is 10.1. The zero-order valence-corrected chi connectivity index (χ0v) is 10.9. The SMILES string of the molecule is O=C(NCCNc1ccccn1)NCC1CCOC1. The Morgan fingerprint density at radius 1 is 1.37 bits per heavy atom. The molecule has 6 heteroatoms. The molecular formula is C13H20N4O2. The molecule has 1 fully saturated rings. The van der Waals surface area contributed by atoms with E-state index in [-0.39, 0.29) is 6.03 Å². The summed E-state index contributed by atoms with van der Waals surface area (Å²) >= 11 is 0. The van der Waals surface area contributed by atoms with Gasteiger partial charge in [-0.1, -0.05) is 6.07 Å². The molecule has 104 valence electrons. The van der Waals surface area contributed by atoms with Gasteiger partial charge in [0.15, 0.2) is 0 Å². The van der Waals surface area contributed by atoms with Crippen LogP contribution in [0, 0.1) is 5.92 Å². The highest BCUT2D eigenvalue weighted by Gasteiger charge is 2.15. The van der Waals surface area contributed by atoms with Crippen molar-refractivity contribution in [1.82, 2.24) is 15.6 Å². The second-order valence-corrected chi connectivity index (χ2v) is 4.51. The van der Waals surface area contributed by atoms with Gasteiger partial charge in [-0.3, -0.25) is 0 Å². The van der Waals surface area contributed by atoms with Crippen LogP contribution in [0.2, 0.25) is 0 Å². The van der Waals surface area contributed by atoms with Crippen LogP contribution in [0.4, 0.5) is 10.6 Å². The molecule has 0 bridgehead atoms. The van der Waals surface area contributed by atoms with Gasteiger partial charge in [0.25, 0.3) is 0 Å². The Balaban J connectivity index is 1.51. The summed E-state index contributed by atoms with van der Waals surface area (Å²) in [6.07, 6.45) is 2.76. The molecule has 1 aliphatic heterocycles. The van der Waals surface area contributed by atoms with E-state index in [4.69, 9.17) is 4.74 Å². The molecule has 1 aromatic heterocycles. The predicted molar refractivity (Wildman–Crippen MR) is 73.1 cm³/mol. The van der Waals surface area contributed by atoms with Crippen molar-refractivity contribution in [2.75, 3.05) is 38.2 Å². The smallest absolute Gasteiger partial charge is 0.314 e. The molecule has 0 saturated carbocycles. The fraction of sp³-hybridized carbons (Fsp3) is 0.538. The molecule has 2 heterocycles. The third kappa shape index (κ3) is 5.13. The third-order valence-electron chi connectivity index (χ3n) is 2.96. The molecule has 1 unspecified atom stereocenters. The molecular weight excluding hydrogens is 244 g/mol. The number of urea groups is 1. The van der Waals surface area contributed by atoms with Gasteiger partial charge in [-0.05, 0) is 18.6 Å². The number of carbonyl (C=O) groups excluding carboxylic acids is 1. The van der Waals surface area contributed by atoms with Crippen LogP contribution in [0.1, 0.15) is 6.42 Å². The van der Waals surface area contributed by atoms with E-state index in [0.717, 1.165) is 25.5 Å². The third-order valence-corrected chi connectivity index (χ3v) is 2.96. The van der Waals surface area contributed by atoms with Gasteiger partial charge in [0.1, 0.15) is 5.82 Å². The molecule has 1 saturated heterocycles. The van der Waals surface area contributed by atoms with Crippen LogP contribution in [0.3, 0.4) is 0 Å². The fourth-order valence-electron chi connectivity index (χ4n) is 1.88. The van der Waals surface area contributed by atoms with Crippen molar-refractivity contribution in [3.63, 3.8) is 0 Å². The molecule has 1 aromatic rings. The first-order valence-electron chi connectivity index (χ1n) is 6.59. The van der Waals surface area contributed by atoms with Gasteiger partial charge >= 0.3 is 6.03 Å². The summed E-state index contributed by atoms with van der Waals surface area (Å²) in [5.41, 5.74) is 0. The summed E-state index contributed by atoms with van der Waals surface area (Å²) in [5, 5.41) is 8.77. The molecule has 0 aliphatic carbocycles. The van der Waals surface area contributed by atoms with Crippen LogP contribution in [0.5, 0.6) is 0 Å². The molecule has 0 aromatic carbocycles. The van der Waals surface area contributed by atoms with Crippen LogP contribution < -0.4 is 16.0 Å². The summed E-state index contributed by atoms with van der Waals surface area (Å²) in [6.45, 7) is 3.45. The average molecular weight is 264 g/mol. The first-order valence-corrected chi connectivity index (χ1v) is 6.59. The predicted octanol–water partition coefficient (Wildman–Crippen LogP) is 0.829. The van der Waals surface area contributed by atoms with Gasteiger partial charge in [-0.15, -0.1) is 0 Å². The molecule has 2 amide bonds. The number of hydrogen-bond donors (Lipinski definition) is 3. The van der Waals surface area contributed by atoms with E-state index in [0.29, 0.717) is 25.6 Å². The molecule has 3 N–H and O–H groups in total. The number of pyridine rings is 1. The van der Waals surface area contributed by atoms with Crippen LogP contribution in [0.25, 0.3) is 0 Å². The quantitative estimate of drug-likeness (QED) is 0.665. The van der Waals surface area contributed by atoms with E-state index in [1.807, 2.05) is 18.2 Å². The van der Waals surface area contributed by atoms with E-state index in [9.17, 15) is 4.79 Å². The number of nitrogens with one attached hydrogen (secondary N) is 3. The second kappa shape index (κ2) is 7.58. The maximum absolute atomic E-state index is 11.5. The van der Waals surface area contributed by atoms with Crippen molar-refractivity contribution in [3.8, 4) is 0 Å². The van der Waals surface area contributed by atoms with Crippen LogP contribution in [-0.2, 0) is 4.74 Å². The molecule has 0 radical (unpaired) electrons. The lowest BCUT2D eigenvalue weighted by molar-refractivity contribution is 0.185. The summed E-state index contributed by atoms with van der Waals surface area (Å²) < 4.78 is 5.25. The number of ether oxygens (including phenoxy) is 1. The Labute approximate surface area is 112 Å². The van der Waals surface area contributed by atoms with Crippen molar-refractivity contribution in [2.24, 2.45) is 5.92 Å². The number of amides is 2. The van der Waals surface area contributed by atoms with Gasteiger partial charge in [-0.25, -0.2) is 9.78 Å². The minimum absolute atomic E-state index is 0.130. The van der Waals surface area contributed by atoms with Crippen LogP contribution in [-0.4, -0.2) is 43.9 Å². The van der Waals surface area contributed by atoms with Crippen molar-refractivity contribution in [1.29, 1.82) is 0 Å². The maximum atomic E-state index is 11.5. The van der Waals surface area contributed by atoms with Gasteiger partial charge in [0.2, 0.25) is 0 Å². The number of aromatic nitrogens is 1. The summed E-state index contributed by atoms with van der Waals surface area (Å²) in [6, 6.07) is 5.54. The number of carbonyl (C=O) groups is 1. The standard InChI is InChI=1S/C13H20N4O2/c18-13(17-9-11-4-8-19-10-11)16-7-6-15-12-3-1-2-5-14-12/h1-3,5,11H,4,6-10H2,(H,14,15)(H2,16,17,18). The second-order valence-electron chi connectivity index (χ2n) is 4.51. The molecule has 0 spiro atoms. The highest BCUT2D eigenvalue weighted by Crippen LogP contribution is 2.10. The number of hydrogen-bond acceptors (Lipinski definition) is 4. The van der Waals surface area contributed by atoms with E-state index >= 15 is 0 Å². The monoisotopic (exact) mass is 264 g/mol. The largest absolute Gasteiger partial charge is 0.381 e. The van der Waals surface area contributed by atoms with Crippen molar-refractivity contribution < 1.29 is 9.53 Å². The van der Waals surface area contributed by atoms with E-state index in [2.05, 4.69) is 20.9 Å². The summed E-state index contributed by atoms with van der Waals surface area (Å²) in [5.74, 6) is 1.27. The number of nitrogens with zero attached hydrogens (tertiary/aromatic N) is 1. The Morgan fingerprint density at radius 2 is 2.32 bits per heavy atom. The van der Waals surface area contributed by atoms with Gasteiger partial charge < -0.3 is 20.7 Å². The minimum Gasteiger partial charge on any atom is -0.381 e. The molecule has 2 rings (SSSR count). The highest BCUT2D eigenvalue weighted by atomic mass is 16.5. The Hall–Kier alpha value is -1.82. The molecule has 1 aliphatic rings. The Kier molecular flexibility index (Phi) is 5.43. The highest BCUT2D eigenvalue weighted by molar-refractivity contribution is 5.73. The van der Waals surface area contributed by atoms with Gasteiger partial charge in [0, 0.05) is 38.4 Å². The maximum Gasteiger partial charge on any atom is 0.314 e. The first kappa shape index (κ1) is 13.6. The zero-order chi connectivity index (χ0) is 13.3. The Bertz CT molecular complexity index is 379. The van der Waals surface area contributed by atoms with E-state index in [1.54, 1.807) is 6.20 Å². The molecule has 1 atom stereocenters. The number of rotatable bonds is 6. The lowest BCUT2D eigenvalue weighted by Crippen LogP contribution is -2.40. The lowest BCUT2D eigenvalue weighted by Gasteiger charge is -2.11. The zero-order valence-electron chi connectivity index (χ0n) is 10.9. The number of anilines is 1. The fourth-order valence-corrected chi connectivity index (χ4v) is 1.88.